The van der Waals surface area contributed by atoms with Crippen LogP contribution in [0.25, 0.3) is 0 Å². The minimum atomic E-state index is -0.192. The van der Waals surface area contributed by atoms with Gasteiger partial charge < -0.3 is 20.3 Å². The van der Waals surface area contributed by atoms with Crippen LogP contribution in [0.5, 0.6) is 5.75 Å². The Hall–Kier alpha value is -1.75. The minimum Gasteiger partial charge on any atom is -0.495 e. The van der Waals surface area contributed by atoms with E-state index in [1.165, 1.54) is 6.42 Å². The number of hydrogen-bond acceptors (Lipinski definition) is 3. The Bertz CT molecular complexity index is 483. The Balaban J connectivity index is 1.74. The monoisotopic (exact) mass is 305 g/mol. The van der Waals surface area contributed by atoms with Crippen molar-refractivity contribution in [1.82, 2.24) is 10.2 Å². The second-order valence-corrected chi connectivity index (χ2v) is 6.29. The molecule has 0 aliphatic carbocycles. The molecule has 0 saturated carbocycles. The number of nitrogens with zero attached hydrogens (tertiary/aromatic N) is 1. The molecule has 2 rings (SSSR count). The molecule has 1 heterocycles. The van der Waals surface area contributed by atoms with Crippen molar-refractivity contribution in [2.45, 2.75) is 20.3 Å². The molecule has 1 aliphatic rings. The van der Waals surface area contributed by atoms with Gasteiger partial charge in [-0.05, 0) is 30.4 Å². The molecule has 0 unspecified atom stereocenters. The minimum absolute atomic E-state index is 0.192. The van der Waals surface area contributed by atoms with Crippen LogP contribution in [-0.4, -0.2) is 44.2 Å². The summed E-state index contributed by atoms with van der Waals surface area (Å²) in [6.07, 6.45) is 1.30. The summed E-state index contributed by atoms with van der Waals surface area (Å²) < 4.78 is 5.22. The van der Waals surface area contributed by atoms with Crippen LogP contribution in [0.3, 0.4) is 0 Å². The molecule has 1 fully saturated rings. The zero-order valence-electron chi connectivity index (χ0n) is 13.8. The van der Waals surface area contributed by atoms with Gasteiger partial charge in [-0.3, -0.25) is 0 Å². The zero-order chi connectivity index (χ0) is 15.9. The summed E-state index contributed by atoms with van der Waals surface area (Å²) in [5, 5.41) is 5.74. The highest BCUT2D eigenvalue weighted by Gasteiger charge is 2.21. The predicted molar refractivity (Wildman–Crippen MR) is 89.4 cm³/mol. The number of carbonyl (C=O) groups is 1. The Labute approximate surface area is 133 Å². The number of carbonyl (C=O) groups excluding carboxylic acids is 1. The third-order valence-electron chi connectivity index (χ3n) is 4.01. The van der Waals surface area contributed by atoms with E-state index in [0.717, 1.165) is 31.5 Å². The van der Waals surface area contributed by atoms with Crippen molar-refractivity contribution in [2.24, 2.45) is 11.8 Å². The Morgan fingerprint density at radius 3 is 2.64 bits per heavy atom. The Morgan fingerprint density at radius 1 is 1.27 bits per heavy atom. The number of rotatable bonds is 5. The summed E-state index contributed by atoms with van der Waals surface area (Å²) in [5.41, 5.74) is 0.683. The highest BCUT2D eigenvalue weighted by Crippen LogP contribution is 2.23. The molecule has 1 aromatic rings. The van der Waals surface area contributed by atoms with Gasteiger partial charge in [0, 0.05) is 26.2 Å². The molecular weight excluding hydrogens is 278 g/mol. The van der Waals surface area contributed by atoms with Crippen molar-refractivity contribution in [3.63, 3.8) is 0 Å². The highest BCUT2D eigenvalue weighted by atomic mass is 16.5. The second kappa shape index (κ2) is 8.03. The average Bonchev–Trinajstić information content (AvgIpc) is 2.46. The van der Waals surface area contributed by atoms with Gasteiger partial charge in [0.05, 0.1) is 12.8 Å². The number of methoxy groups -OCH3 is 1. The first-order valence-corrected chi connectivity index (χ1v) is 7.98. The molecule has 1 aliphatic heterocycles. The molecular formula is C17H27N3O2. The summed E-state index contributed by atoms with van der Waals surface area (Å²) in [6.45, 7) is 8.39. The average molecular weight is 305 g/mol. The Kier molecular flexibility index (Phi) is 6.07. The van der Waals surface area contributed by atoms with Gasteiger partial charge in [0.1, 0.15) is 5.75 Å². The molecule has 22 heavy (non-hydrogen) atoms. The van der Waals surface area contributed by atoms with Crippen LogP contribution in [0.4, 0.5) is 10.5 Å². The van der Waals surface area contributed by atoms with Crippen LogP contribution < -0.4 is 15.4 Å². The van der Waals surface area contributed by atoms with Crippen LogP contribution in [-0.2, 0) is 0 Å². The summed E-state index contributed by atoms with van der Waals surface area (Å²) >= 11 is 0. The molecule has 122 valence electrons. The fraction of sp³-hybridized carbons (Fsp3) is 0.588. The largest absolute Gasteiger partial charge is 0.495 e. The van der Waals surface area contributed by atoms with Crippen molar-refractivity contribution >= 4 is 11.7 Å². The third-order valence-corrected chi connectivity index (χ3v) is 4.01. The number of likely N-dealkylation sites (tertiary alicyclic amines) is 1. The molecule has 0 radical (unpaired) electrons. The highest BCUT2D eigenvalue weighted by molar-refractivity contribution is 5.90. The van der Waals surface area contributed by atoms with Gasteiger partial charge in [-0.15, -0.1) is 0 Å². The van der Waals surface area contributed by atoms with E-state index in [1.807, 2.05) is 24.3 Å². The topological polar surface area (TPSA) is 53.6 Å². The maximum Gasteiger partial charge on any atom is 0.319 e. The lowest BCUT2D eigenvalue weighted by Crippen LogP contribution is -2.43. The van der Waals surface area contributed by atoms with Crippen molar-refractivity contribution in [3.8, 4) is 5.75 Å². The molecule has 2 atom stereocenters. The van der Waals surface area contributed by atoms with Gasteiger partial charge in [-0.25, -0.2) is 4.79 Å². The van der Waals surface area contributed by atoms with E-state index in [0.29, 0.717) is 18.0 Å². The van der Waals surface area contributed by atoms with E-state index < -0.39 is 0 Å². The van der Waals surface area contributed by atoms with Gasteiger partial charge in [0.15, 0.2) is 0 Å². The summed E-state index contributed by atoms with van der Waals surface area (Å²) in [6, 6.07) is 7.20. The van der Waals surface area contributed by atoms with Gasteiger partial charge in [0.25, 0.3) is 0 Å². The molecule has 0 bridgehead atoms. The second-order valence-electron chi connectivity index (χ2n) is 6.29. The van der Waals surface area contributed by atoms with E-state index >= 15 is 0 Å². The number of anilines is 1. The van der Waals surface area contributed by atoms with Gasteiger partial charge in [-0.2, -0.15) is 0 Å². The molecule has 2 amide bonds. The maximum atomic E-state index is 12.0. The first-order valence-electron chi connectivity index (χ1n) is 7.98. The Morgan fingerprint density at radius 2 is 1.95 bits per heavy atom. The van der Waals surface area contributed by atoms with Crippen LogP contribution in [0, 0.1) is 11.8 Å². The fourth-order valence-corrected chi connectivity index (χ4v) is 3.22. The number of piperidine rings is 1. The number of benzene rings is 1. The van der Waals surface area contributed by atoms with Crippen molar-refractivity contribution in [2.75, 3.05) is 38.6 Å². The smallest absolute Gasteiger partial charge is 0.319 e. The van der Waals surface area contributed by atoms with Gasteiger partial charge in [-0.1, -0.05) is 26.0 Å². The van der Waals surface area contributed by atoms with E-state index in [2.05, 4.69) is 29.4 Å². The number of para-hydroxylation sites is 2. The van der Waals surface area contributed by atoms with Crippen LogP contribution in [0.1, 0.15) is 20.3 Å². The van der Waals surface area contributed by atoms with Crippen LogP contribution in [0.2, 0.25) is 0 Å². The van der Waals surface area contributed by atoms with Crippen molar-refractivity contribution in [3.05, 3.63) is 24.3 Å². The summed E-state index contributed by atoms with van der Waals surface area (Å²) in [5.74, 6) is 2.15. The third kappa shape index (κ3) is 4.91. The lowest BCUT2D eigenvalue weighted by atomic mass is 9.92. The fourth-order valence-electron chi connectivity index (χ4n) is 3.22. The number of amides is 2. The van der Waals surface area contributed by atoms with E-state index in [9.17, 15) is 4.79 Å². The number of urea groups is 1. The molecule has 5 nitrogen and oxygen atoms in total. The molecule has 1 aromatic carbocycles. The quantitative estimate of drug-likeness (QED) is 0.879. The van der Waals surface area contributed by atoms with Crippen LogP contribution in [0.15, 0.2) is 24.3 Å². The number of hydrogen-bond donors (Lipinski definition) is 2. The summed E-state index contributed by atoms with van der Waals surface area (Å²) in [4.78, 5) is 14.4. The number of nitrogens with one attached hydrogen (secondary N) is 2. The molecule has 1 saturated heterocycles. The maximum absolute atomic E-state index is 12.0. The lowest BCUT2D eigenvalue weighted by molar-refractivity contribution is 0.142. The van der Waals surface area contributed by atoms with Gasteiger partial charge >= 0.3 is 6.03 Å². The first-order chi connectivity index (χ1) is 10.6. The normalized spacial score (nSPS) is 22.1. The first kappa shape index (κ1) is 16.6. The SMILES string of the molecule is COc1ccccc1NC(=O)NCCN1C[C@H](C)C[C@@H](C)C1. The standard InChI is InChI=1S/C17H27N3O2/c1-13-10-14(2)12-20(11-13)9-8-18-17(21)19-15-6-4-5-7-16(15)22-3/h4-7,13-14H,8-12H2,1-3H3,(H2,18,19,21)/t13-,14-/m1/s1. The molecule has 0 aromatic heterocycles. The molecule has 2 N–H and O–H groups in total. The predicted octanol–water partition coefficient (Wildman–Crippen LogP) is 2.79. The summed E-state index contributed by atoms with van der Waals surface area (Å²) in [7, 11) is 1.59. The van der Waals surface area contributed by atoms with Gasteiger partial charge in [0.2, 0.25) is 0 Å². The van der Waals surface area contributed by atoms with Crippen LogP contribution >= 0.6 is 0 Å². The molecule has 5 heteroatoms. The molecule has 0 spiro atoms. The van der Waals surface area contributed by atoms with E-state index in [-0.39, 0.29) is 6.03 Å². The van der Waals surface area contributed by atoms with E-state index in [1.54, 1.807) is 7.11 Å². The van der Waals surface area contributed by atoms with Crippen molar-refractivity contribution < 1.29 is 9.53 Å². The van der Waals surface area contributed by atoms with E-state index in [4.69, 9.17) is 4.74 Å². The zero-order valence-corrected chi connectivity index (χ0v) is 13.8. The number of ether oxygens (including phenoxy) is 1. The van der Waals surface area contributed by atoms with Crippen molar-refractivity contribution in [1.29, 1.82) is 0 Å². The lowest BCUT2D eigenvalue weighted by Gasteiger charge is -2.34.